The van der Waals surface area contributed by atoms with Crippen LogP contribution in [-0.4, -0.2) is 31.6 Å². The maximum Gasteiger partial charge on any atom is 0.223 e. The quantitative estimate of drug-likeness (QED) is 0.864. The van der Waals surface area contributed by atoms with Crippen molar-refractivity contribution in [1.29, 1.82) is 0 Å². The molecular weight excluding hydrogens is 320 g/mol. The minimum absolute atomic E-state index is 0.0683. The summed E-state index contributed by atoms with van der Waals surface area (Å²) in [6.45, 7) is 4.51. The van der Waals surface area contributed by atoms with Gasteiger partial charge in [-0.1, -0.05) is 28.9 Å². The second-order valence-corrected chi connectivity index (χ2v) is 6.12. The summed E-state index contributed by atoms with van der Waals surface area (Å²) in [6.07, 6.45) is 1.39. The average molecular weight is 341 g/mol. The summed E-state index contributed by atoms with van der Waals surface area (Å²) < 4.78 is 6.55. The molecule has 2 atom stereocenters. The van der Waals surface area contributed by atoms with Crippen molar-refractivity contribution in [2.45, 2.75) is 25.8 Å². The summed E-state index contributed by atoms with van der Waals surface area (Å²) in [5, 5.41) is 6.43. The van der Waals surface area contributed by atoms with E-state index in [0.29, 0.717) is 18.9 Å². The first-order chi connectivity index (χ1) is 9.65. The predicted octanol–water partition coefficient (Wildman–Crippen LogP) is 2.33. The third-order valence-electron chi connectivity index (χ3n) is 3.53. The van der Waals surface area contributed by atoms with Crippen LogP contribution >= 0.6 is 15.9 Å². The van der Waals surface area contributed by atoms with E-state index >= 15 is 0 Å². The standard InChI is InChI=1S/C15H21BrN2O2/c1-11-10-17-7-5-14(11)18-15(19)6-8-20-13-4-2-3-12(16)9-13/h2-4,9,11,14,17H,5-8,10H2,1H3,(H,18,19). The number of halogens is 1. The number of ether oxygens (including phenoxy) is 1. The first-order valence-corrected chi connectivity index (χ1v) is 7.83. The zero-order valence-corrected chi connectivity index (χ0v) is 13.3. The number of piperidine rings is 1. The van der Waals surface area contributed by atoms with E-state index in [1.54, 1.807) is 0 Å². The van der Waals surface area contributed by atoms with E-state index < -0.39 is 0 Å². The largest absolute Gasteiger partial charge is 0.493 e. The fourth-order valence-corrected chi connectivity index (χ4v) is 2.70. The molecule has 1 saturated heterocycles. The van der Waals surface area contributed by atoms with Crippen molar-refractivity contribution in [3.05, 3.63) is 28.7 Å². The second-order valence-electron chi connectivity index (χ2n) is 5.20. The molecule has 0 aromatic heterocycles. The number of carbonyl (C=O) groups excluding carboxylic acids is 1. The molecule has 1 aromatic carbocycles. The van der Waals surface area contributed by atoms with Gasteiger partial charge in [-0.05, 0) is 43.6 Å². The van der Waals surface area contributed by atoms with E-state index in [0.717, 1.165) is 29.7 Å². The van der Waals surface area contributed by atoms with Gasteiger partial charge in [0.05, 0.1) is 13.0 Å². The zero-order chi connectivity index (χ0) is 14.4. The van der Waals surface area contributed by atoms with Crippen LogP contribution in [0.15, 0.2) is 28.7 Å². The molecule has 0 saturated carbocycles. The van der Waals surface area contributed by atoms with Gasteiger partial charge in [0.2, 0.25) is 5.91 Å². The van der Waals surface area contributed by atoms with Crippen LogP contribution in [0.4, 0.5) is 0 Å². The molecule has 1 heterocycles. The van der Waals surface area contributed by atoms with E-state index in [-0.39, 0.29) is 11.9 Å². The summed E-state index contributed by atoms with van der Waals surface area (Å²) in [6, 6.07) is 7.92. The molecule has 20 heavy (non-hydrogen) atoms. The van der Waals surface area contributed by atoms with Gasteiger partial charge in [0.25, 0.3) is 0 Å². The van der Waals surface area contributed by atoms with Gasteiger partial charge in [-0.25, -0.2) is 0 Å². The summed E-state index contributed by atoms with van der Waals surface area (Å²) in [5.74, 6) is 1.33. The van der Waals surface area contributed by atoms with Crippen LogP contribution < -0.4 is 15.4 Å². The molecule has 2 rings (SSSR count). The number of rotatable bonds is 5. The van der Waals surface area contributed by atoms with E-state index in [4.69, 9.17) is 4.74 Å². The van der Waals surface area contributed by atoms with Crippen molar-refractivity contribution in [3.8, 4) is 5.75 Å². The van der Waals surface area contributed by atoms with Crippen LogP contribution in [0.25, 0.3) is 0 Å². The molecule has 110 valence electrons. The lowest BCUT2D eigenvalue weighted by molar-refractivity contribution is -0.122. The van der Waals surface area contributed by atoms with Crippen LogP contribution in [0.1, 0.15) is 19.8 Å². The Morgan fingerprint density at radius 2 is 2.40 bits per heavy atom. The third kappa shape index (κ3) is 4.80. The number of benzene rings is 1. The molecule has 5 heteroatoms. The van der Waals surface area contributed by atoms with Crippen LogP contribution in [0, 0.1) is 5.92 Å². The van der Waals surface area contributed by atoms with E-state index in [9.17, 15) is 4.79 Å². The van der Waals surface area contributed by atoms with Crippen molar-refractivity contribution >= 4 is 21.8 Å². The van der Waals surface area contributed by atoms with E-state index in [2.05, 4.69) is 33.5 Å². The van der Waals surface area contributed by atoms with Gasteiger partial charge in [0, 0.05) is 10.5 Å². The highest BCUT2D eigenvalue weighted by Gasteiger charge is 2.22. The molecule has 1 fully saturated rings. The highest BCUT2D eigenvalue weighted by Crippen LogP contribution is 2.17. The van der Waals surface area contributed by atoms with Gasteiger partial charge in [-0.3, -0.25) is 4.79 Å². The van der Waals surface area contributed by atoms with Crippen LogP contribution in [0.2, 0.25) is 0 Å². The van der Waals surface area contributed by atoms with Crippen LogP contribution in [0.3, 0.4) is 0 Å². The highest BCUT2D eigenvalue weighted by atomic mass is 79.9. The molecule has 0 aliphatic carbocycles. The Balaban J connectivity index is 1.70. The lowest BCUT2D eigenvalue weighted by Gasteiger charge is -2.30. The average Bonchev–Trinajstić information content (AvgIpc) is 2.41. The van der Waals surface area contributed by atoms with Crippen LogP contribution in [0.5, 0.6) is 5.75 Å². The summed E-state index contributed by atoms with van der Waals surface area (Å²) in [4.78, 5) is 11.9. The SMILES string of the molecule is CC1CNCCC1NC(=O)CCOc1cccc(Br)c1. The van der Waals surface area contributed by atoms with Gasteiger partial charge in [0.15, 0.2) is 0 Å². The molecule has 2 N–H and O–H groups in total. The van der Waals surface area contributed by atoms with Crippen molar-refractivity contribution in [1.82, 2.24) is 10.6 Å². The molecule has 1 aliphatic heterocycles. The summed E-state index contributed by atoms with van der Waals surface area (Å²) in [7, 11) is 0. The first kappa shape index (κ1) is 15.3. The van der Waals surface area contributed by atoms with Gasteiger partial charge in [-0.15, -0.1) is 0 Å². The van der Waals surface area contributed by atoms with E-state index in [1.807, 2.05) is 24.3 Å². The molecule has 1 aromatic rings. The predicted molar refractivity (Wildman–Crippen MR) is 82.8 cm³/mol. The number of nitrogens with one attached hydrogen (secondary N) is 2. The Labute approximate surface area is 128 Å². The molecule has 1 amide bonds. The van der Waals surface area contributed by atoms with Gasteiger partial charge < -0.3 is 15.4 Å². The maximum atomic E-state index is 11.9. The Hall–Kier alpha value is -1.07. The highest BCUT2D eigenvalue weighted by molar-refractivity contribution is 9.10. The topological polar surface area (TPSA) is 50.4 Å². The molecule has 0 radical (unpaired) electrons. The molecule has 1 aliphatic rings. The minimum Gasteiger partial charge on any atom is -0.493 e. The number of hydrogen-bond acceptors (Lipinski definition) is 3. The normalized spacial score (nSPS) is 22.3. The molecule has 2 unspecified atom stereocenters. The summed E-state index contributed by atoms with van der Waals surface area (Å²) in [5.41, 5.74) is 0. The Morgan fingerprint density at radius 1 is 1.55 bits per heavy atom. The number of carbonyl (C=O) groups is 1. The van der Waals surface area contributed by atoms with Crippen molar-refractivity contribution in [2.75, 3.05) is 19.7 Å². The third-order valence-corrected chi connectivity index (χ3v) is 4.02. The lowest BCUT2D eigenvalue weighted by Crippen LogP contribution is -2.48. The monoisotopic (exact) mass is 340 g/mol. The van der Waals surface area contributed by atoms with Gasteiger partial charge >= 0.3 is 0 Å². The minimum atomic E-state index is 0.0683. The molecular formula is C15H21BrN2O2. The fourth-order valence-electron chi connectivity index (χ4n) is 2.33. The van der Waals surface area contributed by atoms with Crippen molar-refractivity contribution in [2.24, 2.45) is 5.92 Å². The zero-order valence-electron chi connectivity index (χ0n) is 11.7. The Bertz CT molecular complexity index is 453. The van der Waals surface area contributed by atoms with Crippen molar-refractivity contribution < 1.29 is 9.53 Å². The lowest BCUT2D eigenvalue weighted by atomic mass is 9.95. The van der Waals surface area contributed by atoms with Crippen LogP contribution in [-0.2, 0) is 4.79 Å². The summed E-state index contributed by atoms with van der Waals surface area (Å²) >= 11 is 3.39. The molecule has 0 spiro atoms. The number of amides is 1. The smallest absolute Gasteiger partial charge is 0.223 e. The fraction of sp³-hybridized carbons (Fsp3) is 0.533. The Morgan fingerprint density at radius 3 is 3.15 bits per heavy atom. The first-order valence-electron chi connectivity index (χ1n) is 7.03. The number of hydrogen-bond donors (Lipinski definition) is 2. The van der Waals surface area contributed by atoms with Crippen molar-refractivity contribution in [3.63, 3.8) is 0 Å². The van der Waals surface area contributed by atoms with Gasteiger partial charge in [-0.2, -0.15) is 0 Å². The Kier molecular flexibility index (Phi) is 5.86. The second kappa shape index (κ2) is 7.64. The van der Waals surface area contributed by atoms with E-state index in [1.165, 1.54) is 0 Å². The molecule has 0 bridgehead atoms. The maximum absolute atomic E-state index is 11.9. The van der Waals surface area contributed by atoms with Gasteiger partial charge in [0.1, 0.15) is 5.75 Å². The molecule has 4 nitrogen and oxygen atoms in total.